The number of halogens is 3. The Morgan fingerprint density at radius 3 is 2.46 bits per heavy atom. The van der Waals surface area contributed by atoms with E-state index in [1.54, 1.807) is 12.2 Å². The van der Waals surface area contributed by atoms with Crippen LogP contribution in [0.25, 0.3) is 0 Å². The van der Waals surface area contributed by atoms with Gasteiger partial charge in [-0.1, -0.05) is 55.3 Å². The number of rotatable bonds is 6. The molecule has 0 aromatic heterocycles. The van der Waals surface area contributed by atoms with Crippen LogP contribution in [0.4, 0.5) is 0 Å². The molecule has 0 heterocycles. The van der Waals surface area contributed by atoms with E-state index in [9.17, 15) is 4.79 Å². The summed E-state index contributed by atoms with van der Waals surface area (Å²) in [7, 11) is 0. The molecular weight excluding hydrogens is 409 g/mol. The molecule has 0 radical (unpaired) electrons. The van der Waals surface area contributed by atoms with Crippen LogP contribution in [0.15, 0.2) is 40.9 Å². The van der Waals surface area contributed by atoms with E-state index in [1.807, 2.05) is 25.1 Å². The van der Waals surface area contributed by atoms with Gasteiger partial charge in [-0.25, -0.2) is 0 Å². The van der Waals surface area contributed by atoms with E-state index < -0.39 is 0 Å². The van der Waals surface area contributed by atoms with Gasteiger partial charge in [0, 0.05) is 12.1 Å². The maximum Gasteiger partial charge on any atom is 0.244 e. The highest BCUT2D eigenvalue weighted by Gasteiger charge is 2.36. The van der Waals surface area contributed by atoms with Crippen LogP contribution in [0, 0.1) is 11.8 Å². The highest BCUT2D eigenvalue weighted by atomic mass is 79.9. The molecule has 0 saturated heterocycles. The van der Waals surface area contributed by atoms with Gasteiger partial charge in [-0.3, -0.25) is 4.79 Å². The number of allylic oxidation sites excluding steroid dienone is 3. The number of carbonyl (C=O) groups is 1. The van der Waals surface area contributed by atoms with Crippen molar-refractivity contribution in [2.45, 2.75) is 39.2 Å². The lowest BCUT2D eigenvalue weighted by atomic mass is 10.1. The summed E-state index contributed by atoms with van der Waals surface area (Å²) in [4.78, 5) is 11.7. The highest BCUT2D eigenvalue weighted by molar-refractivity contribution is 9.10. The number of nitrogens with one attached hydrogen (secondary N) is 1. The second-order valence-electron chi connectivity index (χ2n) is 6.59. The predicted octanol–water partition coefficient (Wildman–Crippen LogP) is 6.13. The molecule has 5 heteroatoms. The molecule has 1 aromatic rings. The summed E-state index contributed by atoms with van der Waals surface area (Å²) in [6.07, 6.45) is 8.51. The molecule has 1 aliphatic carbocycles. The maximum absolute atomic E-state index is 11.7. The normalized spacial score (nSPS) is 21.6. The molecule has 24 heavy (non-hydrogen) atoms. The zero-order chi connectivity index (χ0) is 17.9. The molecule has 2 nitrogen and oxygen atoms in total. The first-order chi connectivity index (χ1) is 11.3. The average Bonchev–Trinajstić information content (AvgIpc) is 3.28. The Kier molecular flexibility index (Phi) is 6.97. The zero-order valence-corrected chi connectivity index (χ0v) is 17.1. The Morgan fingerprint density at radius 2 is 1.88 bits per heavy atom. The van der Waals surface area contributed by atoms with Crippen LogP contribution in [0.3, 0.4) is 0 Å². The first kappa shape index (κ1) is 19.6. The molecule has 0 bridgehead atoms. The third-order valence-corrected chi connectivity index (χ3v) is 6.27. The average molecular weight is 431 g/mol. The number of carbonyl (C=O) groups excluding carboxylic acids is 1. The predicted molar refractivity (Wildman–Crippen MR) is 106 cm³/mol. The van der Waals surface area contributed by atoms with Gasteiger partial charge in [0.2, 0.25) is 5.91 Å². The molecule has 1 aliphatic rings. The minimum Gasteiger partial charge on any atom is -0.350 e. The van der Waals surface area contributed by atoms with E-state index in [-0.39, 0.29) is 11.9 Å². The Balaban J connectivity index is 1.85. The second-order valence-corrected chi connectivity index (χ2v) is 8.20. The lowest BCUT2D eigenvalue weighted by molar-refractivity contribution is -0.117. The van der Waals surface area contributed by atoms with Gasteiger partial charge in [0.15, 0.2) is 0 Å². The minimum atomic E-state index is -0.0559. The van der Waals surface area contributed by atoms with E-state index in [2.05, 4.69) is 41.2 Å². The van der Waals surface area contributed by atoms with Crippen LogP contribution in [0.2, 0.25) is 10.0 Å². The molecule has 1 fully saturated rings. The molecule has 0 spiro atoms. The lowest BCUT2D eigenvalue weighted by Gasteiger charge is -2.15. The van der Waals surface area contributed by atoms with E-state index in [0.717, 1.165) is 16.5 Å². The largest absolute Gasteiger partial charge is 0.350 e. The molecule has 1 saturated carbocycles. The summed E-state index contributed by atoms with van der Waals surface area (Å²) in [5.41, 5.74) is 1.16. The molecule has 0 aliphatic heterocycles. The number of hydrogen-bond donors (Lipinski definition) is 1. The molecule has 1 N–H and O–H groups in total. The van der Waals surface area contributed by atoms with Crippen molar-refractivity contribution in [1.82, 2.24) is 5.32 Å². The SMILES string of the molecule is CC(C)C(C)NC(=O)C=CC=C[C@@H]1C[C@H]1c1cc(Cl)c(Br)c(Cl)c1. The fraction of sp³-hybridized carbons (Fsp3) is 0.421. The maximum atomic E-state index is 11.7. The van der Waals surface area contributed by atoms with Crippen molar-refractivity contribution in [3.63, 3.8) is 0 Å². The third kappa shape index (κ3) is 5.37. The number of hydrogen-bond acceptors (Lipinski definition) is 1. The van der Waals surface area contributed by atoms with Crippen LogP contribution in [0.5, 0.6) is 0 Å². The quantitative estimate of drug-likeness (QED) is 0.328. The van der Waals surface area contributed by atoms with Crippen molar-refractivity contribution >= 4 is 45.0 Å². The van der Waals surface area contributed by atoms with Gasteiger partial charge in [0.05, 0.1) is 14.5 Å². The molecule has 1 aromatic carbocycles. The van der Waals surface area contributed by atoms with Crippen LogP contribution in [0.1, 0.15) is 38.7 Å². The standard InChI is InChI=1S/C19H22BrCl2NO/c1-11(2)12(3)23-18(24)7-5-4-6-13-8-15(13)14-9-16(21)19(20)17(22)10-14/h4-7,9-13,15H,8H2,1-3H3,(H,23,24)/t12?,13-,15-/m1/s1. The molecule has 3 atom stereocenters. The fourth-order valence-corrected chi connectivity index (χ4v) is 3.12. The Labute approximate surface area is 162 Å². The van der Waals surface area contributed by atoms with Crippen molar-refractivity contribution in [3.8, 4) is 0 Å². The van der Waals surface area contributed by atoms with Crippen molar-refractivity contribution in [2.24, 2.45) is 11.8 Å². The van der Waals surface area contributed by atoms with Gasteiger partial charge < -0.3 is 5.32 Å². The first-order valence-electron chi connectivity index (χ1n) is 8.09. The molecule has 1 unspecified atom stereocenters. The number of amides is 1. The van der Waals surface area contributed by atoms with Gasteiger partial charge in [-0.15, -0.1) is 0 Å². The van der Waals surface area contributed by atoms with E-state index >= 15 is 0 Å². The van der Waals surface area contributed by atoms with Crippen LogP contribution in [-0.4, -0.2) is 11.9 Å². The van der Waals surface area contributed by atoms with E-state index in [4.69, 9.17) is 23.2 Å². The summed E-state index contributed by atoms with van der Waals surface area (Å²) in [5.74, 6) is 1.29. The third-order valence-electron chi connectivity index (χ3n) is 4.36. The minimum absolute atomic E-state index is 0.0559. The molecule has 1 amide bonds. The Morgan fingerprint density at radius 1 is 1.25 bits per heavy atom. The summed E-state index contributed by atoms with van der Waals surface area (Å²) in [6, 6.07) is 4.10. The first-order valence-corrected chi connectivity index (χ1v) is 9.64. The van der Waals surface area contributed by atoms with Crippen molar-refractivity contribution in [2.75, 3.05) is 0 Å². The highest BCUT2D eigenvalue weighted by Crippen LogP contribution is 2.50. The topological polar surface area (TPSA) is 29.1 Å². The van der Waals surface area contributed by atoms with E-state index in [1.165, 1.54) is 0 Å². The van der Waals surface area contributed by atoms with E-state index in [0.29, 0.717) is 27.8 Å². The Hall–Kier alpha value is -0.770. The monoisotopic (exact) mass is 429 g/mol. The summed E-state index contributed by atoms with van der Waals surface area (Å²) < 4.78 is 0.742. The molecular formula is C19H22BrCl2NO. The summed E-state index contributed by atoms with van der Waals surface area (Å²) >= 11 is 15.7. The van der Waals surface area contributed by atoms with Crippen molar-refractivity contribution in [1.29, 1.82) is 0 Å². The summed E-state index contributed by atoms with van der Waals surface area (Å²) in [6.45, 7) is 6.18. The smallest absolute Gasteiger partial charge is 0.244 e. The zero-order valence-electron chi connectivity index (χ0n) is 14.0. The van der Waals surface area contributed by atoms with Gasteiger partial charge >= 0.3 is 0 Å². The van der Waals surface area contributed by atoms with Gasteiger partial charge in [0.25, 0.3) is 0 Å². The molecule has 130 valence electrons. The van der Waals surface area contributed by atoms with Crippen LogP contribution < -0.4 is 5.32 Å². The second kappa shape index (κ2) is 8.55. The molecule has 2 rings (SSSR count). The fourth-order valence-electron chi connectivity index (χ4n) is 2.39. The van der Waals surface area contributed by atoms with Crippen LogP contribution in [-0.2, 0) is 4.79 Å². The summed E-state index contributed by atoms with van der Waals surface area (Å²) in [5, 5.41) is 4.23. The lowest BCUT2D eigenvalue weighted by Crippen LogP contribution is -2.34. The van der Waals surface area contributed by atoms with Crippen LogP contribution >= 0.6 is 39.1 Å². The number of benzene rings is 1. The van der Waals surface area contributed by atoms with Gasteiger partial charge in [-0.2, -0.15) is 0 Å². The van der Waals surface area contributed by atoms with Crippen molar-refractivity contribution in [3.05, 3.63) is 56.5 Å². The van der Waals surface area contributed by atoms with Gasteiger partial charge in [0.1, 0.15) is 0 Å². The Bertz CT molecular complexity index is 646. The van der Waals surface area contributed by atoms with Gasteiger partial charge in [-0.05, 0) is 64.7 Å². The van der Waals surface area contributed by atoms with Crippen molar-refractivity contribution < 1.29 is 4.79 Å².